The van der Waals surface area contributed by atoms with Crippen molar-refractivity contribution in [2.75, 3.05) is 0 Å². The minimum atomic E-state index is -0.0469. The summed E-state index contributed by atoms with van der Waals surface area (Å²) in [6, 6.07) is 10.5. The maximum atomic E-state index is 11.3. The fourth-order valence-electron chi connectivity index (χ4n) is 1.78. The molecule has 102 valence electrons. The second-order valence-corrected chi connectivity index (χ2v) is 4.88. The molecule has 0 N–H and O–H groups in total. The van der Waals surface area contributed by atoms with Gasteiger partial charge in [0.05, 0.1) is 0 Å². The molecule has 0 radical (unpaired) electrons. The molecular formula is C17H28O. The molecule has 0 atom stereocenters. The van der Waals surface area contributed by atoms with Crippen molar-refractivity contribution < 1.29 is 4.79 Å². The first-order valence-corrected chi connectivity index (χ1v) is 7.11. The maximum Gasteiger partial charge on any atom is 0.138 e. The van der Waals surface area contributed by atoms with Crippen LogP contribution in [0.4, 0.5) is 0 Å². The summed E-state index contributed by atoms with van der Waals surface area (Å²) in [6.07, 6.45) is 3.76. The van der Waals surface area contributed by atoms with Gasteiger partial charge < -0.3 is 0 Å². The monoisotopic (exact) mass is 248 g/mol. The first-order valence-electron chi connectivity index (χ1n) is 7.11. The van der Waals surface area contributed by atoms with Crippen LogP contribution < -0.4 is 0 Å². The van der Waals surface area contributed by atoms with Crippen LogP contribution in [0, 0.1) is 5.41 Å². The van der Waals surface area contributed by atoms with Crippen molar-refractivity contribution in [3.8, 4) is 0 Å². The van der Waals surface area contributed by atoms with Crippen LogP contribution in [0.15, 0.2) is 30.3 Å². The Kier molecular flexibility index (Phi) is 8.36. The third-order valence-corrected chi connectivity index (χ3v) is 3.81. The van der Waals surface area contributed by atoms with Crippen molar-refractivity contribution >= 4 is 5.78 Å². The Morgan fingerprint density at radius 1 is 1.00 bits per heavy atom. The summed E-state index contributed by atoms with van der Waals surface area (Å²) in [5.41, 5.74) is 1.36. The van der Waals surface area contributed by atoms with Crippen LogP contribution in [-0.4, -0.2) is 5.78 Å². The zero-order valence-corrected chi connectivity index (χ0v) is 12.6. The number of hydrogen-bond donors (Lipinski definition) is 0. The van der Waals surface area contributed by atoms with Gasteiger partial charge in [0.2, 0.25) is 0 Å². The fraction of sp³-hybridized carbons (Fsp3) is 0.588. The van der Waals surface area contributed by atoms with Gasteiger partial charge in [-0.25, -0.2) is 0 Å². The van der Waals surface area contributed by atoms with Crippen LogP contribution in [0.1, 0.15) is 59.4 Å². The number of carbonyl (C=O) groups excluding carboxylic acids is 1. The second kappa shape index (κ2) is 8.91. The highest BCUT2D eigenvalue weighted by Gasteiger charge is 2.26. The van der Waals surface area contributed by atoms with Crippen molar-refractivity contribution in [3.63, 3.8) is 0 Å². The second-order valence-electron chi connectivity index (χ2n) is 4.88. The molecule has 1 aromatic rings. The van der Waals surface area contributed by atoms with E-state index >= 15 is 0 Å². The van der Waals surface area contributed by atoms with Gasteiger partial charge in [-0.3, -0.25) is 4.79 Å². The van der Waals surface area contributed by atoms with Crippen molar-refractivity contribution in [2.24, 2.45) is 5.41 Å². The summed E-state index contributed by atoms with van der Waals surface area (Å²) in [4.78, 5) is 11.3. The van der Waals surface area contributed by atoms with E-state index in [1.807, 2.05) is 13.0 Å². The van der Waals surface area contributed by atoms with Crippen LogP contribution >= 0.6 is 0 Å². The molecule has 0 aliphatic rings. The van der Waals surface area contributed by atoms with E-state index in [4.69, 9.17) is 0 Å². The predicted molar refractivity (Wildman–Crippen MR) is 79.8 cm³/mol. The molecule has 0 fully saturated rings. The Labute approximate surface area is 113 Å². The number of Topliss-reactive ketones (excluding diaryl/α,β-unsaturated/α-hetero) is 1. The standard InChI is InChI=1S/C9H18O.C8H10/c1-5-8(10)9(4,6-2)7-3;1-2-8-6-4-3-5-7-8/h5-7H2,1-4H3;3-7H,2H2,1H3. The number of benzene rings is 1. The van der Waals surface area contributed by atoms with Gasteiger partial charge >= 0.3 is 0 Å². The van der Waals surface area contributed by atoms with E-state index in [1.54, 1.807) is 0 Å². The van der Waals surface area contributed by atoms with Gasteiger partial charge in [0, 0.05) is 11.8 Å². The zero-order valence-electron chi connectivity index (χ0n) is 12.6. The van der Waals surface area contributed by atoms with Crippen molar-refractivity contribution in [1.29, 1.82) is 0 Å². The Hall–Kier alpha value is -1.11. The fourth-order valence-corrected chi connectivity index (χ4v) is 1.78. The maximum absolute atomic E-state index is 11.3. The average Bonchev–Trinajstić information content (AvgIpc) is 2.47. The summed E-state index contributed by atoms with van der Waals surface area (Å²) in [5.74, 6) is 0.400. The number of ketones is 1. The summed E-state index contributed by atoms with van der Waals surface area (Å²) >= 11 is 0. The normalized spacial score (nSPS) is 10.5. The lowest BCUT2D eigenvalue weighted by Gasteiger charge is -2.23. The zero-order chi connectivity index (χ0) is 14.0. The predicted octanol–water partition coefficient (Wildman–Crippen LogP) is 5.04. The number of aryl methyl sites for hydroxylation is 1. The van der Waals surface area contributed by atoms with E-state index in [2.05, 4.69) is 52.0 Å². The molecule has 0 spiro atoms. The van der Waals surface area contributed by atoms with Crippen LogP contribution in [0.25, 0.3) is 0 Å². The van der Waals surface area contributed by atoms with Crippen LogP contribution in [0.3, 0.4) is 0 Å². The van der Waals surface area contributed by atoms with E-state index in [-0.39, 0.29) is 5.41 Å². The minimum absolute atomic E-state index is 0.0469. The van der Waals surface area contributed by atoms with Crippen LogP contribution in [-0.2, 0) is 11.2 Å². The Balaban J connectivity index is 0.000000327. The van der Waals surface area contributed by atoms with Crippen molar-refractivity contribution in [3.05, 3.63) is 35.9 Å². The Morgan fingerprint density at radius 2 is 1.50 bits per heavy atom. The van der Waals surface area contributed by atoms with Gasteiger partial charge in [0.15, 0.2) is 0 Å². The summed E-state index contributed by atoms with van der Waals surface area (Å²) < 4.78 is 0. The quantitative estimate of drug-likeness (QED) is 0.713. The molecule has 0 aliphatic heterocycles. The molecule has 1 heteroatoms. The summed E-state index contributed by atoms with van der Waals surface area (Å²) in [5, 5.41) is 0. The first kappa shape index (κ1) is 16.9. The molecule has 0 amide bonds. The smallest absolute Gasteiger partial charge is 0.138 e. The molecule has 1 aromatic carbocycles. The van der Waals surface area contributed by atoms with Crippen molar-refractivity contribution in [2.45, 2.75) is 60.3 Å². The Morgan fingerprint density at radius 3 is 1.72 bits per heavy atom. The van der Waals surface area contributed by atoms with Crippen molar-refractivity contribution in [1.82, 2.24) is 0 Å². The molecule has 1 rings (SSSR count). The molecule has 0 aromatic heterocycles. The van der Waals surface area contributed by atoms with Gasteiger partial charge in [0.25, 0.3) is 0 Å². The van der Waals surface area contributed by atoms with E-state index in [0.29, 0.717) is 12.2 Å². The largest absolute Gasteiger partial charge is 0.299 e. The average molecular weight is 248 g/mol. The van der Waals surface area contributed by atoms with E-state index < -0.39 is 0 Å². The molecule has 0 bridgehead atoms. The van der Waals surface area contributed by atoms with Gasteiger partial charge in [-0.2, -0.15) is 0 Å². The van der Waals surface area contributed by atoms with Crippen LogP contribution in [0.2, 0.25) is 0 Å². The molecule has 0 saturated carbocycles. The molecule has 0 aliphatic carbocycles. The van der Waals surface area contributed by atoms with Gasteiger partial charge in [-0.05, 0) is 24.8 Å². The molecule has 0 saturated heterocycles. The highest BCUT2D eigenvalue weighted by Crippen LogP contribution is 2.27. The highest BCUT2D eigenvalue weighted by molar-refractivity contribution is 5.83. The number of carbonyl (C=O) groups is 1. The molecule has 0 heterocycles. The highest BCUT2D eigenvalue weighted by atomic mass is 16.1. The molecule has 1 nitrogen and oxygen atoms in total. The van der Waals surface area contributed by atoms with E-state index in [0.717, 1.165) is 19.3 Å². The van der Waals surface area contributed by atoms with Gasteiger partial charge in [-0.15, -0.1) is 0 Å². The SMILES string of the molecule is CCC(=O)C(C)(CC)CC.CCc1ccccc1. The molecule has 18 heavy (non-hydrogen) atoms. The lowest BCUT2D eigenvalue weighted by Crippen LogP contribution is -2.25. The number of rotatable bonds is 5. The minimum Gasteiger partial charge on any atom is -0.299 e. The number of hydrogen-bond acceptors (Lipinski definition) is 1. The molecule has 0 unspecified atom stereocenters. The van der Waals surface area contributed by atoms with Gasteiger partial charge in [-0.1, -0.05) is 65.0 Å². The lowest BCUT2D eigenvalue weighted by molar-refractivity contribution is -0.127. The van der Waals surface area contributed by atoms with E-state index in [1.165, 1.54) is 5.56 Å². The third-order valence-electron chi connectivity index (χ3n) is 3.81. The topological polar surface area (TPSA) is 17.1 Å². The Bertz CT molecular complexity index is 323. The summed E-state index contributed by atoms with van der Waals surface area (Å²) in [7, 11) is 0. The van der Waals surface area contributed by atoms with Crippen LogP contribution in [0.5, 0.6) is 0 Å². The van der Waals surface area contributed by atoms with E-state index in [9.17, 15) is 4.79 Å². The first-order chi connectivity index (χ1) is 8.53. The third kappa shape index (κ3) is 5.48. The summed E-state index contributed by atoms with van der Waals surface area (Å²) in [6.45, 7) is 10.3. The molecular weight excluding hydrogens is 220 g/mol. The lowest BCUT2D eigenvalue weighted by atomic mass is 9.79. The van der Waals surface area contributed by atoms with Gasteiger partial charge in [0.1, 0.15) is 5.78 Å².